The largest absolute Gasteiger partial charge is 0.478 e. The third-order valence-corrected chi connectivity index (χ3v) is 2.72. The van der Waals surface area contributed by atoms with Gasteiger partial charge in [0.15, 0.2) is 0 Å². The molecule has 0 aliphatic rings. The molecule has 0 fully saturated rings. The van der Waals surface area contributed by atoms with Crippen molar-refractivity contribution in [2.75, 3.05) is 18.5 Å². The van der Waals surface area contributed by atoms with Crippen molar-refractivity contribution in [1.82, 2.24) is 0 Å². The predicted octanol–water partition coefficient (Wildman–Crippen LogP) is 2.79. The highest BCUT2D eigenvalue weighted by atomic mass is 35.5. The minimum Gasteiger partial charge on any atom is -0.478 e. The fraction of sp³-hybridized carbons (Fsp3) is 0.385. The molecule has 1 aromatic rings. The number of ether oxygens (including phenoxy) is 1. The van der Waals surface area contributed by atoms with E-state index in [2.05, 4.69) is 5.32 Å². The van der Waals surface area contributed by atoms with Crippen LogP contribution in [0.5, 0.6) is 0 Å². The SMILES string of the molecule is CCOCCCC(=O)Nc1c(Cl)cccc1C(=O)O. The molecule has 1 amide bonds. The molecule has 2 N–H and O–H groups in total. The Bertz CT molecular complexity index is 462. The summed E-state index contributed by atoms with van der Waals surface area (Å²) in [5, 5.41) is 11.8. The molecule has 0 aliphatic carbocycles. The molecule has 0 bridgehead atoms. The van der Waals surface area contributed by atoms with Gasteiger partial charge in [-0.2, -0.15) is 0 Å². The molecule has 0 aromatic heterocycles. The molecular weight excluding hydrogens is 270 g/mol. The number of carbonyl (C=O) groups excluding carboxylic acids is 1. The van der Waals surface area contributed by atoms with Gasteiger partial charge in [0.25, 0.3) is 0 Å². The summed E-state index contributed by atoms with van der Waals surface area (Å²) in [7, 11) is 0. The van der Waals surface area contributed by atoms with Crippen molar-refractivity contribution >= 4 is 29.2 Å². The topological polar surface area (TPSA) is 75.6 Å². The first-order chi connectivity index (χ1) is 9.06. The van der Waals surface area contributed by atoms with Crippen LogP contribution in [0.2, 0.25) is 5.02 Å². The maximum Gasteiger partial charge on any atom is 0.337 e. The Hall–Kier alpha value is -1.59. The van der Waals surface area contributed by atoms with E-state index in [0.717, 1.165) is 0 Å². The van der Waals surface area contributed by atoms with E-state index in [0.29, 0.717) is 19.6 Å². The monoisotopic (exact) mass is 285 g/mol. The van der Waals surface area contributed by atoms with E-state index in [1.54, 1.807) is 0 Å². The number of anilines is 1. The number of benzene rings is 1. The number of hydrogen-bond donors (Lipinski definition) is 2. The van der Waals surface area contributed by atoms with E-state index in [-0.39, 0.29) is 28.6 Å². The zero-order valence-corrected chi connectivity index (χ0v) is 11.4. The van der Waals surface area contributed by atoms with Gasteiger partial charge in [-0.05, 0) is 25.5 Å². The van der Waals surface area contributed by atoms with Crippen LogP contribution in [0.15, 0.2) is 18.2 Å². The van der Waals surface area contributed by atoms with Crippen molar-refractivity contribution in [2.45, 2.75) is 19.8 Å². The number of aromatic carboxylic acids is 1. The molecule has 5 nitrogen and oxygen atoms in total. The van der Waals surface area contributed by atoms with Crippen LogP contribution in [-0.2, 0) is 9.53 Å². The van der Waals surface area contributed by atoms with Gasteiger partial charge in [-0.15, -0.1) is 0 Å². The van der Waals surface area contributed by atoms with E-state index in [9.17, 15) is 9.59 Å². The Morgan fingerprint density at radius 3 is 2.79 bits per heavy atom. The van der Waals surface area contributed by atoms with Gasteiger partial charge in [0, 0.05) is 19.6 Å². The second-order valence-electron chi connectivity index (χ2n) is 3.82. The number of para-hydroxylation sites is 1. The number of amides is 1. The second kappa shape index (κ2) is 7.76. The quantitative estimate of drug-likeness (QED) is 0.755. The lowest BCUT2D eigenvalue weighted by Crippen LogP contribution is -2.15. The average Bonchev–Trinajstić information content (AvgIpc) is 2.37. The third kappa shape index (κ3) is 4.89. The van der Waals surface area contributed by atoms with Crippen LogP contribution in [0.4, 0.5) is 5.69 Å². The molecular formula is C13H16ClNO4. The normalized spacial score (nSPS) is 10.2. The molecule has 104 valence electrons. The smallest absolute Gasteiger partial charge is 0.337 e. The van der Waals surface area contributed by atoms with Gasteiger partial charge in [-0.3, -0.25) is 4.79 Å². The number of rotatable bonds is 7. The summed E-state index contributed by atoms with van der Waals surface area (Å²) in [6.45, 7) is 2.98. The van der Waals surface area contributed by atoms with Gasteiger partial charge >= 0.3 is 5.97 Å². The van der Waals surface area contributed by atoms with Crippen molar-refractivity contribution in [3.63, 3.8) is 0 Å². The molecule has 0 saturated carbocycles. The highest BCUT2D eigenvalue weighted by molar-refractivity contribution is 6.34. The third-order valence-electron chi connectivity index (χ3n) is 2.41. The summed E-state index contributed by atoms with van der Waals surface area (Å²) in [6.07, 6.45) is 0.830. The Labute approximate surface area is 116 Å². The van der Waals surface area contributed by atoms with Crippen molar-refractivity contribution in [3.8, 4) is 0 Å². The summed E-state index contributed by atoms with van der Waals surface area (Å²) >= 11 is 5.90. The molecule has 0 spiro atoms. The lowest BCUT2D eigenvalue weighted by molar-refractivity contribution is -0.116. The number of carbonyl (C=O) groups is 2. The molecule has 1 rings (SSSR count). The zero-order valence-electron chi connectivity index (χ0n) is 10.6. The number of carboxylic acids is 1. The summed E-state index contributed by atoms with van der Waals surface area (Å²) in [6, 6.07) is 4.45. The van der Waals surface area contributed by atoms with Crippen molar-refractivity contribution in [1.29, 1.82) is 0 Å². The number of carboxylic acid groups (broad SMARTS) is 1. The summed E-state index contributed by atoms with van der Waals surface area (Å²) in [5.41, 5.74) is 0.115. The highest BCUT2D eigenvalue weighted by Crippen LogP contribution is 2.26. The molecule has 1 aromatic carbocycles. The van der Waals surface area contributed by atoms with Crippen LogP contribution in [0.25, 0.3) is 0 Å². The van der Waals surface area contributed by atoms with Gasteiger partial charge in [0.05, 0.1) is 16.3 Å². The average molecular weight is 286 g/mol. The fourth-order valence-electron chi connectivity index (χ4n) is 1.51. The van der Waals surface area contributed by atoms with Gasteiger partial charge in [-0.25, -0.2) is 4.79 Å². The van der Waals surface area contributed by atoms with Crippen molar-refractivity contribution < 1.29 is 19.4 Å². The number of nitrogens with one attached hydrogen (secondary N) is 1. The summed E-state index contributed by atoms with van der Waals surface area (Å²) in [4.78, 5) is 22.7. The second-order valence-corrected chi connectivity index (χ2v) is 4.22. The predicted molar refractivity (Wildman–Crippen MR) is 72.8 cm³/mol. The first-order valence-electron chi connectivity index (χ1n) is 5.95. The molecule has 0 radical (unpaired) electrons. The van der Waals surface area contributed by atoms with Gasteiger partial charge in [0.1, 0.15) is 0 Å². The first-order valence-corrected chi connectivity index (χ1v) is 6.33. The van der Waals surface area contributed by atoms with E-state index < -0.39 is 5.97 Å². The van der Waals surface area contributed by atoms with Gasteiger partial charge in [0.2, 0.25) is 5.91 Å². The molecule has 0 saturated heterocycles. The molecule has 6 heteroatoms. The zero-order chi connectivity index (χ0) is 14.3. The molecule has 19 heavy (non-hydrogen) atoms. The maximum atomic E-state index is 11.7. The minimum atomic E-state index is -1.13. The van der Waals surface area contributed by atoms with Crippen LogP contribution in [-0.4, -0.2) is 30.2 Å². The van der Waals surface area contributed by atoms with Gasteiger partial charge in [-0.1, -0.05) is 17.7 Å². The summed E-state index contributed by atoms with van der Waals surface area (Å²) in [5.74, 6) is -1.41. The Kier molecular flexibility index (Phi) is 6.32. The van der Waals surface area contributed by atoms with Crippen LogP contribution >= 0.6 is 11.6 Å². The number of halogens is 1. The maximum absolute atomic E-state index is 11.7. The standard InChI is InChI=1S/C13H16ClNO4/c1-2-19-8-4-7-11(16)15-12-9(13(17)18)5-3-6-10(12)14/h3,5-6H,2,4,7-8H2,1H3,(H,15,16)(H,17,18). The van der Waals surface area contributed by atoms with E-state index in [4.69, 9.17) is 21.4 Å². The Morgan fingerprint density at radius 2 is 2.16 bits per heavy atom. The van der Waals surface area contributed by atoms with Crippen LogP contribution in [0, 0.1) is 0 Å². The Balaban J connectivity index is 2.66. The van der Waals surface area contributed by atoms with Crippen molar-refractivity contribution in [2.24, 2.45) is 0 Å². The summed E-state index contributed by atoms with van der Waals surface area (Å²) < 4.78 is 5.12. The van der Waals surface area contributed by atoms with Crippen LogP contribution in [0.1, 0.15) is 30.1 Å². The molecule has 0 unspecified atom stereocenters. The molecule has 0 heterocycles. The minimum absolute atomic E-state index is 0.0225. The van der Waals surface area contributed by atoms with E-state index in [1.165, 1.54) is 18.2 Å². The van der Waals surface area contributed by atoms with Crippen LogP contribution < -0.4 is 5.32 Å². The molecule has 0 atom stereocenters. The lowest BCUT2D eigenvalue weighted by Gasteiger charge is -2.10. The van der Waals surface area contributed by atoms with Gasteiger partial charge < -0.3 is 15.2 Å². The van der Waals surface area contributed by atoms with E-state index >= 15 is 0 Å². The fourth-order valence-corrected chi connectivity index (χ4v) is 1.73. The highest BCUT2D eigenvalue weighted by Gasteiger charge is 2.15. The van der Waals surface area contributed by atoms with Crippen molar-refractivity contribution in [3.05, 3.63) is 28.8 Å². The lowest BCUT2D eigenvalue weighted by atomic mass is 10.1. The van der Waals surface area contributed by atoms with E-state index in [1.807, 2.05) is 6.92 Å². The van der Waals surface area contributed by atoms with Crippen LogP contribution in [0.3, 0.4) is 0 Å². The number of hydrogen-bond acceptors (Lipinski definition) is 3. The first kappa shape index (κ1) is 15.5. The Morgan fingerprint density at radius 1 is 1.42 bits per heavy atom. The molecule has 0 aliphatic heterocycles.